The third-order valence-corrected chi connectivity index (χ3v) is 1.47. The predicted octanol–water partition coefficient (Wildman–Crippen LogP) is 2.75. The van der Waals surface area contributed by atoms with Crippen LogP contribution in [0.2, 0.25) is 0 Å². The average Bonchev–Trinajstić information content (AvgIpc) is 2.02. The Hall–Kier alpha value is -1.66. The zero-order chi connectivity index (χ0) is 10.9. The molecule has 0 amide bonds. The number of halogens is 4. The maximum atomic E-state index is 12.6. The van der Waals surface area contributed by atoms with Crippen molar-refractivity contribution >= 4 is 5.69 Å². The van der Waals surface area contributed by atoms with Gasteiger partial charge in [0, 0.05) is 12.1 Å². The molecule has 0 saturated heterocycles. The van der Waals surface area contributed by atoms with Crippen LogP contribution in [0.5, 0.6) is 0 Å². The molecular weight excluding hydrogens is 205 g/mol. The number of rotatable bonds is 1. The van der Waals surface area contributed by atoms with E-state index >= 15 is 0 Å². The molecule has 0 atom stereocenters. The molecule has 0 radical (unpaired) electrons. The molecule has 0 spiro atoms. The summed E-state index contributed by atoms with van der Waals surface area (Å²) in [5, 5.41) is 10.1. The second-order valence-electron chi connectivity index (χ2n) is 2.42. The number of nitrogens with zero attached hydrogens (tertiary/aromatic N) is 1. The monoisotopic (exact) mass is 208 g/mol. The highest BCUT2D eigenvalue weighted by Gasteiger charge is 2.35. The van der Waals surface area contributed by atoms with Crippen LogP contribution >= 0.6 is 0 Å². The van der Waals surface area contributed by atoms with Crippen LogP contribution in [0.25, 0.3) is 0 Å². The first-order valence-corrected chi connectivity index (χ1v) is 3.33. The Kier molecular flexibility index (Phi) is 2.41. The Morgan fingerprint density at radius 3 is 2.29 bits per heavy atom. The Morgan fingerprint density at radius 2 is 1.86 bits per heavy atom. The highest BCUT2D eigenvalue weighted by Crippen LogP contribution is 2.33. The fourth-order valence-corrected chi connectivity index (χ4v) is 0.844. The normalized spacial score (nSPS) is 11.4. The van der Waals surface area contributed by atoms with E-state index in [2.05, 4.69) is 0 Å². The average molecular weight is 208 g/mol. The Labute approximate surface area is 75.1 Å². The second kappa shape index (κ2) is 3.24. The molecule has 1 rings (SSSR count). The van der Waals surface area contributed by atoms with E-state index in [1.807, 2.05) is 0 Å². The van der Waals surface area contributed by atoms with Crippen molar-refractivity contribution in [2.75, 3.05) is 0 Å². The van der Waals surface area contributed by atoms with Crippen molar-refractivity contribution in [1.29, 1.82) is 0 Å². The number of hydrogen-bond acceptors (Lipinski definition) is 2. The molecule has 0 aromatic heterocycles. The summed E-state index contributed by atoms with van der Waals surface area (Å²) in [5.74, 6) is -1.52. The van der Waals surface area contributed by atoms with E-state index in [1.165, 1.54) is 0 Å². The van der Waals surface area contributed by atoms with Gasteiger partial charge >= 0.3 is 6.18 Å². The van der Waals surface area contributed by atoms with E-state index in [4.69, 9.17) is 0 Å². The number of nitro benzene ring substituents is 1. The van der Waals surface area contributed by atoms with Crippen LogP contribution in [0.1, 0.15) is 5.56 Å². The summed E-state index contributed by atoms with van der Waals surface area (Å²) >= 11 is 0. The smallest absolute Gasteiger partial charge is 0.258 e. The maximum absolute atomic E-state index is 12.6. The number of hydrogen-bond donors (Lipinski definition) is 0. The van der Waals surface area contributed by atoms with E-state index in [1.54, 1.807) is 0 Å². The van der Waals surface area contributed by atoms with Crippen LogP contribution in [0.4, 0.5) is 23.2 Å². The Balaban J connectivity index is 3.29. The van der Waals surface area contributed by atoms with E-state index in [0.29, 0.717) is 12.1 Å². The molecular formula is C7H3F4NO2. The fourth-order valence-electron chi connectivity index (χ4n) is 0.844. The lowest BCUT2D eigenvalue weighted by Gasteiger charge is -2.06. The summed E-state index contributed by atoms with van der Waals surface area (Å²) in [6.45, 7) is 0. The van der Waals surface area contributed by atoms with Gasteiger partial charge in [0.15, 0.2) is 0 Å². The molecule has 7 heteroatoms. The molecule has 0 heterocycles. The fraction of sp³-hybridized carbons (Fsp3) is 0.143. The van der Waals surface area contributed by atoms with Crippen molar-refractivity contribution < 1.29 is 22.5 Å². The minimum Gasteiger partial charge on any atom is -0.258 e. The molecule has 0 saturated carbocycles. The molecule has 0 bridgehead atoms. The molecule has 0 N–H and O–H groups in total. The van der Waals surface area contributed by atoms with Crippen LogP contribution < -0.4 is 0 Å². The lowest BCUT2D eigenvalue weighted by Crippen LogP contribution is -2.08. The third kappa shape index (κ3) is 1.98. The SMILES string of the molecule is O=[N+]([O-])c1ccc([18F])c(C(F)(F)F)c1. The van der Waals surface area contributed by atoms with Gasteiger partial charge in [-0.05, 0) is 6.07 Å². The van der Waals surface area contributed by atoms with Gasteiger partial charge in [0.05, 0.1) is 10.5 Å². The van der Waals surface area contributed by atoms with Crippen LogP contribution in [0, 0.1) is 15.9 Å². The van der Waals surface area contributed by atoms with Gasteiger partial charge in [-0.2, -0.15) is 13.2 Å². The summed E-state index contributed by atoms with van der Waals surface area (Å²) in [7, 11) is 0. The number of alkyl halides is 3. The zero-order valence-corrected chi connectivity index (χ0v) is 6.51. The van der Waals surface area contributed by atoms with Crippen LogP contribution in [-0.4, -0.2) is 4.92 Å². The topological polar surface area (TPSA) is 43.1 Å². The van der Waals surface area contributed by atoms with Crippen molar-refractivity contribution in [3.63, 3.8) is 0 Å². The molecule has 1 aromatic carbocycles. The third-order valence-electron chi connectivity index (χ3n) is 1.47. The van der Waals surface area contributed by atoms with Gasteiger partial charge in [-0.15, -0.1) is 0 Å². The minimum absolute atomic E-state index is 0.162. The molecule has 0 unspecified atom stereocenters. The molecule has 0 fully saturated rings. The summed E-state index contributed by atoms with van der Waals surface area (Å²) in [6, 6.07) is 1.25. The Bertz CT molecular complexity index is 374. The van der Waals surface area contributed by atoms with Gasteiger partial charge in [-0.1, -0.05) is 0 Å². The summed E-state index contributed by atoms with van der Waals surface area (Å²) < 4.78 is 48.7. The van der Waals surface area contributed by atoms with Crippen LogP contribution in [0.3, 0.4) is 0 Å². The van der Waals surface area contributed by atoms with Crippen molar-refractivity contribution in [1.82, 2.24) is 0 Å². The molecule has 3 nitrogen and oxygen atoms in total. The number of benzene rings is 1. The minimum atomic E-state index is -4.92. The summed E-state index contributed by atoms with van der Waals surface area (Å²) in [5.41, 5.74) is -2.43. The number of non-ortho nitro benzene ring substituents is 1. The largest absolute Gasteiger partial charge is 0.419 e. The van der Waals surface area contributed by atoms with Crippen molar-refractivity contribution in [2.45, 2.75) is 6.18 Å². The molecule has 0 aliphatic rings. The van der Waals surface area contributed by atoms with Gasteiger partial charge in [-0.25, -0.2) is 4.39 Å². The summed E-state index contributed by atoms with van der Waals surface area (Å²) in [4.78, 5) is 9.09. The molecule has 0 aliphatic heterocycles. The second-order valence-corrected chi connectivity index (χ2v) is 2.42. The number of nitro groups is 1. The van der Waals surface area contributed by atoms with Crippen molar-refractivity contribution in [3.8, 4) is 0 Å². The molecule has 0 aliphatic carbocycles. The standard InChI is InChI=1S/C7H3F4NO2/c8-6-2-1-4(12(13)14)3-5(6)7(9,10)11/h1-3H/i8-1. The van der Waals surface area contributed by atoms with E-state index in [-0.39, 0.29) is 6.07 Å². The van der Waals surface area contributed by atoms with Crippen molar-refractivity contribution in [2.24, 2.45) is 0 Å². The summed E-state index contributed by atoms with van der Waals surface area (Å²) in [6.07, 6.45) is -4.92. The zero-order valence-electron chi connectivity index (χ0n) is 6.51. The van der Waals surface area contributed by atoms with Crippen molar-refractivity contribution in [3.05, 3.63) is 39.7 Å². The molecule has 14 heavy (non-hydrogen) atoms. The van der Waals surface area contributed by atoms with E-state index in [9.17, 15) is 27.7 Å². The van der Waals surface area contributed by atoms with Gasteiger partial charge in [-0.3, -0.25) is 10.1 Å². The first kappa shape index (κ1) is 10.4. The first-order valence-electron chi connectivity index (χ1n) is 3.33. The lowest BCUT2D eigenvalue weighted by atomic mass is 10.2. The predicted molar refractivity (Wildman–Crippen MR) is 38.1 cm³/mol. The van der Waals surface area contributed by atoms with Gasteiger partial charge in [0.2, 0.25) is 0 Å². The lowest BCUT2D eigenvalue weighted by molar-refractivity contribution is -0.385. The first-order chi connectivity index (χ1) is 6.32. The quantitative estimate of drug-likeness (QED) is 0.404. The van der Waals surface area contributed by atoms with Gasteiger partial charge in [0.1, 0.15) is 5.82 Å². The highest BCUT2D eigenvalue weighted by atomic mass is 19.4. The van der Waals surface area contributed by atoms with E-state index in [0.717, 1.165) is 0 Å². The van der Waals surface area contributed by atoms with Crippen LogP contribution in [-0.2, 0) is 6.18 Å². The van der Waals surface area contributed by atoms with Gasteiger partial charge in [0.25, 0.3) is 5.69 Å². The molecule has 76 valence electrons. The van der Waals surface area contributed by atoms with Crippen LogP contribution in [0.15, 0.2) is 18.2 Å². The highest BCUT2D eigenvalue weighted by molar-refractivity contribution is 5.36. The van der Waals surface area contributed by atoms with Gasteiger partial charge < -0.3 is 0 Å². The Morgan fingerprint density at radius 1 is 1.29 bits per heavy atom. The maximum Gasteiger partial charge on any atom is 0.419 e. The van der Waals surface area contributed by atoms with E-state index < -0.39 is 28.2 Å². The molecule has 1 aromatic rings.